The summed E-state index contributed by atoms with van der Waals surface area (Å²) in [6, 6.07) is 15.2. The number of alkyl carbamates (subject to hydrolysis) is 1. The van der Waals surface area contributed by atoms with Crippen molar-refractivity contribution in [2.24, 2.45) is 11.8 Å². The van der Waals surface area contributed by atoms with Crippen molar-refractivity contribution in [1.82, 2.24) is 10.6 Å². The number of hydrogen-bond acceptors (Lipinski definition) is 4. The second-order valence-corrected chi connectivity index (χ2v) is 8.18. The van der Waals surface area contributed by atoms with Gasteiger partial charge in [-0.25, -0.2) is 9.59 Å². The third kappa shape index (κ3) is 5.05. The van der Waals surface area contributed by atoms with Gasteiger partial charge in [-0.3, -0.25) is 4.79 Å². The van der Waals surface area contributed by atoms with Crippen LogP contribution in [0.2, 0.25) is 0 Å². The molecule has 0 saturated carbocycles. The number of amides is 2. The fourth-order valence-electron chi connectivity index (χ4n) is 3.79. The maximum Gasteiger partial charge on any atom is 0.407 e. The largest absolute Gasteiger partial charge is 0.480 e. The van der Waals surface area contributed by atoms with Gasteiger partial charge in [-0.1, -0.05) is 69.3 Å². The Bertz CT molecular complexity index is 926. The quantitative estimate of drug-likeness (QED) is 0.603. The average molecular weight is 424 g/mol. The minimum Gasteiger partial charge on any atom is -0.480 e. The Kier molecular flexibility index (Phi) is 6.95. The van der Waals surface area contributed by atoms with Crippen LogP contribution in [0.4, 0.5) is 4.79 Å². The molecule has 2 amide bonds. The predicted molar refractivity (Wildman–Crippen MR) is 117 cm³/mol. The first-order valence-corrected chi connectivity index (χ1v) is 10.4. The smallest absolute Gasteiger partial charge is 0.407 e. The summed E-state index contributed by atoms with van der Waals surface area (Å²) in [6.45, 7) is 5.30. The normalized spacial score (nSPS) is 14.3. The minimum absolute atomic E-state index is 0.0405. The highest BCUT2D eigenvalue weighted by Crippen LogP contribution is 2.44. The third-order valence-corrected chi connectivity index (χ3v) is 5.57. The Morgan fingerprint density at radius 2 is 1.52 bits per heavy atom. The Balaban J connectivity index is 1.53. The van der Waals surface area contributed by atoms with E-state index in [2.05, 4.69) is 22.8 Å². The number of benzene rings is 2. The van der Waals surface area contributed by atoms with Gasteiger partial charge < -0.3 is 20.5 Å². The van der Waals surface area contributed by atoms with Gasteiger partial charge in [0.2, 0.25) is 5.91 Å². The number of aliphatic carboxylic acids is 1. The zero-order valence-electron chi connectivity index (χ0n) is 17.9. The van der Waals surface area contributed by atoms with Crippen molar-refractivity contribution in [2.75, 3.05) is 13.2 Å². The van der Waals surface area contributed by atoms with Crippen LogP contribution in [0, 0.1) is 11.8 Å². The minimum atomic E-state index is -1.08. The first-order chi connectivity index (χ1) is 14.8. The SMILES string of the molecule is CC(CNC(=O)OCC1c2ccccc2-c2ccccc21)C(=O)N[C@H](C(=O)O)C(C)C. The van der Waals surface area contributed by atoms with Crippen molar-refractivity contribution in [3.63, 3.8) is 0 Å². The molecule has 2 aromatic rings. The zero-order chi connectivity index (χ0) is 22.5. The molecule has 2 atom stereocenters. The molecular formula is C24H28N2O5. The zero-order valence-corrected chi connectivity index (χ0v) is 17.9. The molecule has 7 heteroatoms. The molecule has 0 heterocycles. The highest BCUT2D eigenvalue weighted by atomic mass is 16.5. The van der Waals surface area contributed by atoms with Crippen molar-refractivity contribution in [1.29, 1.82) is 0 Å². The maximum atomic E-state index is 12.2. The summed E-state index contributed by atoms with van der Waals surface area (Å²) in [4.78, 5) is 35.7. The molecule has 0 aromatic heterocycles. The number of hydrogen-bond donors (Lipinski definition) is 3. The van der Waals surface area contributed by atoms with E-state index in [1.54, 1.807) is 20.8 Å². The molecule has 3 rings (SSSR count). The highest BCUT2D eigenvalue weighted by Gasteiger charge is 2.29. The van der Waals surface area contributed by atoms with E-state index in [1.165, 1.54) is 0 Å². The lowest BCUT2D eigenvalue weighted by atomic mass is 9.98. The lowest BCUT2D eigenvalue weighted by Gasteiger charge is -2.21. The molecule has 1 aliphatic rings. The number of nitrogens with one attached hydrogen (secondary N) is 2. The third-order valence-electron chi connectivity index (χ3n) is 5.57. The Morgan fingerprint density at radius 3 is 2.03 bits per heavy atom. The molecule has 1 aliphatic carbocycles. The summed E-state index contributed by atoms with van der Waals surface area (Å²) in [5.74, 6) is -2.40. The van der Waals surface area contributed by atoms with Gasteiger partial charge in [0, 0.05) is 12.5 Å². The van der Waals surface area contributed by atoms with Crippen LogP contribution in [0.3, 0.4) is 0 Å². The van der Waals surface area contributed by atoms with E-state index in [0.717, 1.165) is 22.3 Å². The number of carbonyl (C=O) groups is 3. The maximum absolute atomic E-state index is 12.2. The molecule has 0 aliphatic heterocycles. The highest BCUT2D eigenvalue weighted by molar-refractivity contribution is 5.85. The molecular weight excluding hydrogens is 396 g/mol. The molecule has 7 nitrogen and oxygen atoms in total. The number of fused-ring (bicyclic) bond motifs is 3. The second kappa shape index (κ2) is 9.64. The topological polar surface area (TPSA) is 105 Å². The summed E-state index contributed by atoms with van der Waals surface area (Å²) in [5, 5.41) is 14.3. The van der Waals surface area contributed by atoms with Crippen LogP contribution in [-0.2, 0) is 14.3 Å². The molecule has 0 saturated heterocycles. The van der Waals surface area contributed by atoms with Gasteiger partial charge in [-0.05, 0) is 28.2 Å². The molecule has 31 heavy (non-hydrogen) atoms. The van der Waals surface area contributed by atoms with Crippen LogP contribution in [0.15, 0.2) is 48.5 Å². The fourth-order valence-corrected chi connectivity index (χ4v) is 3.79. The molecule has 0 spiro atoms. The van der Waals surface area contributed by atoms with E-state index in [0.29, 0.717) is 0 Å². The fraction of sp³-hybridized carbons (Fsp3) is 0.375. The number of carboxylic acids is 1. The first kappa shape index (κ1) is 22.3. The van der Waals surface area contributed by atoms with Gasteiger partial charge in [-0.2, -0.15) is 0 Å². The predicted octanol–water partition coefficient (Wildman–Crippen LogP) is 3.39. The van der Waals surface area contributed by atoms with Gasteiger partial charge in [0.25, 0.3) is 0 Å². The van der Waals surface area contributed by atoms with Gasteiger partial charge in [0.15, 0.2) is 0 Å². The molecule has 3 N–H and O–H groups in total. The summed E-state index contributed by atoms with van der Waals surface area (Å²) >= 11 is 0. The molecule has 2 aromatic carbocycles. The van der Waals surface area contributed by atoms with E-state index in [9.17, 15) is 19.5 Å². The van der Waals surface area contributed by atoms with E-state index < -0.39 is 29.9 Å². The average Bonchev–Trinajstić information content (AvgIpc) is 3.07. The van der Waals surface area contributed by atoms with Gasteiger partial charge in [0.05, 0.1) is 5.92 Å². The summed E-state index contributed by atoms with van der Waals surface area (Å²) in [6.07, 6.45) is -0.611. The molecule has 0 fully saturated rings. The number of carbonyl (C=O) groups excluding carboxylic acids is 2. The van der Waals surface area contributed by atoms with E-state index in [1.807, 2.05) is 36.4 Å². The van der Waals surface area contributed by atoms with Crippen molar-refractivity contribution in [3.05, 3.63) is 59.7 Å². The molecule has 0 radical (unpaired) electrons. The van der Waals surface area contributed by atoms with Gasteiger partial charge in [-0.15, -0.1) is 0 Å². The summed E-state index contributed by atoms with van der Waals surface area (Å²) in [7, 11) is 0. The Labute approximate surface area is 181 Å². The van der Waals surface area contributed by atoms with Crippen LogP contribution >= 0.6 is 0 Å². The lowest BCUT2D eigenvalue weighted by molar-refractivity contribution is -0.143. The molecule has 164 valence electrons. The van der Waals surface area contributed by atoms with E-state index in [-0.39, 0.29) is 25.0 Å². The van der Waals surface area contributed by atoms with E-state index in [4.69, 9.17) is 4.74 Å². The standard InChI is InChI=1S/C24H28N2O5/c1-14(2)21(23(28)29)26-22(27)15(3)12-25-24(30)31-13-20-18-10-6-4-8-16(18)17-9-5-7-11-19(17)20/h4-11,14-15,20-21H,12-13H2,1-3H3,(H,25,30)(H,26,27)(H,28,29)/t15?,21-/m0/s1. The Morgan fingerprint density at radius 1 is 0.968 bits per heavy atom. The molecule has 0 bridgehead atoms. The van der Waals surface area contributed by atoms with E-state index >= 15 is 0 Å². The molecule has 1 unspecified atom stereocenters. The summed E-state index contributed by atoms with van der Waals surface area (Å²) in [5.41, 5.74) is 4.54. The summed E-state index contributed by atoms with van der Waals surface area (Å²) < 4.78 is 5.45. The van der Waals surface area contributed by atoms with Crippen molar-refractivity contribution in [2.45, 2.75) is 32.7 Å². The van der Waals surface area contributed by atoms with Crippen LogP contribution < -0.4 is 10.6 Å². The van der Waals surface area contributed by atoms with Gasteiger partial charge >= 0.3 is 12.1 Å². The van der Waals surface area contributed by atoms with Crippen LogP contribution in [0.5, 0.6) is 0 Å². The lowest BCUT2D eigenvalue weighted by Crippen LogP contribution is -2.48. The Hall–Kier alpha value is -3.35. The van der Waals surface area contributed by atoms with Crippen molar-refractivity contribution >= 4 is 18.0 Å². The van der Waals surface area contributed by atoms with Crippen LogP contribution in [0.1, 0.15) is 37.8 Å². The van der Waals surface area contributed by atoms with Crippen LogP contribution in [-0.4, -0.2) is 42.3 Å². The van der Waals surface area contributed by atoms with Crippen molar-refractivity contribution < 1.29 is 24.2 Å². The first-order valence-electron chi connectivity index (χ1n) is 10.4. The number of carboxylic acid groups (broad SMARTS) is 1. The second-order valence-electron chi connectivity index (χ2n) is 8.18. The van der Waals surface area contributed by atoms with Crippen LogP contribution in [0.25, 0.3) is 11.1 Å². The monoisotopic (exact) mass is 424 g/mol. The van der Waals surface area contributed by atoms with Gasteiger partial charge in [0.1, 0.15) is 12.6 Å². The number of rotatable bonds is 8. The number of ether oxygens (including phenoxy) is 1. The van der Waals surface area contributed by atoms with Crippen molar-refractivity contribution in [3.8, 4) is 11.1 Å².